The van der Waals surface area contributed by atoms with E-state index in [4.69, 9.17) is 18.9 Å². The lowest BCUT2D eigenvalue weighted by atomic mass is 10.2. The number of benzene rings is 2. The quantitative estimate of drug-likeness (QED) is 0.398. The Balaban J connectivity index is 1.62. The van der Waals surface area contributed by atoms with E-state index in [-0.39, 0.29) is 5.91 Å². The second kappa shape index (κ2) is 8.32. The van der Waals surface area contributed by atoms with Gasteiger partial charge in [0.15, 0.2) is 5.13 Å². The molecular formula is C24H19N3O4S. The van der Waals surface area contributed by atoms with Gasteiger partial charge in [-0.25, -0.2) is 14.9 Å². The molecular weight excluding hydrogens is 426 g/mol. The highest BCUT2D eigenvalue weighted by Crippen LogP contribution is 2.41. The van der Waals surface area contributed by atoms with Crippen LogP contribution in [0.5, 0.6) is 11.5 Å². The maximum absolute atomic E-state index is 13.5. The van der Waals surface area contributed by atoms with E-state index in [0.29, 0.717) is 40.1 Å². The van der Waals surface area contributed by atoms with Gasteiger partial charge in [0.2, 0.25) is 0 Å². The highest BCUT2D eigenvalue weighted by atomic mass is 32.1. The van der Waals surface area contributed by atoms with Crippen LogP contribution in [0, 0.1) is 0 Å². The molecule has 0 unspecified atom stereocenters. The van der Waals surface area contributed by atoms with Crippen LogP contribution in [0.4, 0.5) is 5.13 Å². The number of nitrogens with zero attached hydrogens (tertiary/aromatic N) is 3. The lowest BCUT2D eigenvalue weighted by Crippen LogP contribution is -2.32. The number of amides is 1. The van der Waals surface area contributed by atoms with Crippen molar-refractivity contribution in [3.8, 4) is 11.5 Å². The van der Waals surface area contributed by atoms with Crippen LogP contribution in [0.25, 0.3) is 10.2 Å². The molecule has 8 heteroatoms. The first-order chi connectivity index (χ1) is 15.7. The summed E-state index contributed by atoms with van der Waals surface area (Å²) in [6.07, 6.45) is 3.85. The monoisotopic (exact) mass is 445 g/mol. The SMILES string of the molecule is COc1ccc(OC)c2sc(N3C(=O)C(=CCc4ccco4)N=C3c3ccccc3)nc12. The molecule has 0 atom stereocenters. The Hall–Kier alpha value is -3.91. The van der Waals surface area contributed by atoms with Crippen LogP contribution in [0.1, 0.15) is 11.3 Å². The van der Waals surface area contributed by atoms with Gasteiger partial charge in [-0.2, -0.15) is 0 Å². The number of ether oxygens (including phenoxy) is 2. The summed E-state index contributed by atoms with van der Waals surface area (Å²) in [7, 11) is 3.20. The van der Waals surface area contributed by atoms with Crippen molar-refractivity contribution in [1.82, 2.24) is 4.98 Å². The zero-order valence-electron chi connectivity index (χ0n) is 17.4. The average Bonchev–Trinajstić information content (AvgIpc) is 3.56. The van der Waals surface area contributed by atoms with Gasteiger partial charge in [0, 0.05) is 12.0 Å². The van der Waals surface area contributed by atoms with Gasteiger partial charge in [-0.1, -0.05) is 41.7 Å². The van der Waals surface area contributed by atoms with E-state index in [1.807, 2.05) is 48.5 Å². The van der Waals surface area contributed by atoms with Crippen molar-refractivity contribution in [2.24, 2.45) is 4.99 Å². The Labute approximate surface area is 188 Å². The molecule has 1 aliphatic heterocycles. The van der Waals surface area contributed by atoms with Gasteiger partial charge >= 0.3 is 0 Å². The number of anilines is 1. The predicted molar refractivity (Wildman–Crippen MR) is 124 cm³/mol. The van der Waals surface area contributed by atoms with Gasteiger partial charge in [0.1, 0.15) is 39.0 Å². The third-order valence-electron chi connectivity index (χ3n) is 5.06. The number of hydrogen-bond acceptors (Lipinski definition) is 7. The number of aromatic nitrogens is 1. The van der Waals surface area contributed by atoms with Gasteiger partial charge in [-0.15, -0.1) is 0 Å². The van der Waals surface area contributed by atoms with Crippen molar-refractivity contribution in [2.75, 3.05) is 19.1 Å². The smallest absolute Gasteiger partial charge is 0.284 e. The third-order valence-corrected chi connectivity index (χ3v) is 6.11. The topological polar surface area (TPSA) is 77.2 Å². The van der Waals surface area contributed by atoms with Gasteiger partial charge in [0.25, 0.3) is 5.91 Å². The lowest BCUT2D eigenvalue weighted by Gasteiger charge is -2.14. The van der Waals surface area contributed by atoms with Crippen molar-refractivity contribution in [2.45, 2.75) is 6.42 Å². The van der Waals surface area contributed by atoms with Crippen LogP contribution in [0.15, 0.2) is 82.0 Å². The molecule has 0 aliphatic carbocycles. The normalized spacial score (nSPS) is 14.9. The van der Waals surface area contributed by atoms with Crippen molar-refractivity contribution in [3.05, 3.63) is 84.0 Å². The molecule has 0 N–H and O–H groups in total. The Kier molecular flexibility index (Phi) is 5.20. The first kappa shape index (κ1) is 20.0. The van der Waals surface area contributed by atoms with E-state index in [1.165, 1.54) is 11.3 Å². The number of thiazole rings is 1. The fourth-order valence-corrected chi connectivity index (χ4v) is 4.58. The Morgan fingerprint density at radius 2 is 1.81 bits per heavy atom. The Morgan fingerprint density at radius 1 is 1.03 bits per heavy atom. The third kappa shape index (κ3) is 3.44. The number of hydrogen-bond donors (Lipinski definition) is 0. The van der Waals surface area contributed by atoms with Crippen LogP contribution in [0.2, 0.25) is 0 Å². The number of carbonyl (C=O) groups excluding carboxylic acids is 1. The number of allylic oxidation sites excluding steroid dienone is 1. The van der Waals surface area contributed by atoms with Crippen molar-refractivity contribution in [1.29, 1.82) is 0 Å². The molecule has 0 radical (unpaired) electrons. The fraction of sp³-hybridized carbons (Fsp3) is 0.125. The Morgan fingerprint density at radius 3 is 2.53 bits per heavy atom. The van der Waals surface area contributed by atoms with E-state index in [0.717, 1.165) is 16.0 Å². The molecule has 0 bridgehead atoms. The highest BCUT2D eigenvalue weighted by molar-refractivity contribution is 7.23. The zero-order valence-corrected chi connectivity index (χ0v) is 18.3. The summed E-state index contributed by atoms with van der Waals surface area (Å²) in [5.41, 5.74) is 1.80. The van der Waals surface area contributed by atoms with E-state index in [1.54, 1.807) is 37.5 Å². The molecule has 0 fully saturated rings. The Bertz CT molecular complexity index is 1300. The summed E-state index contributed by atoms with van der Waals surface area (Å²) in [5.74, 6) is 2.32. The number of rotatable bonds is 6. The standard InChI is InChI=1S/C24H19N3O4S/c1-29-18-12-13-19(30-2)21-20(18)26-24(32-21)27-22(15-7-4-3-5-8-15)25-17(23(27)28)11-10-16-9-6-14-31-16/h3-9,11-14H,10H2,1-2H3. The minimum absolute atomic E-state index is 0.243. The molecule has 32 heavy (non-hydrogen) atoms. The van der Waals surface area contributed by atoms with Crippen molar-refractivity contribution in [3.63, 3.8) is 0 Å². The summed E-state index contributed by atoms with van der Waals surface area (Å²) in [4.78, 5) is 24.4. The number of carbonyl (C=O) groups is 1. The summed E-state index contributed by atoms with van der Waals surface area (Å²) >= 11 is 1.36. The maximum atomic E-state index is 13.5. The largest absolute Gasteiger partial charge is 0.495 e. The molecule has 5 rings (SSSR count). The number of furan rings is 1. The van der Waals surface area contributed by atoms with Crippen molar-refractivity contribution >= 4 is 38.4 Å². The molecule has 0 spiro atoms. The van der Waals surface area contributed by atoms with Crippen molar-refractivity contribution < 1.29 is 18.7 Å². The summed E-state index contributed by atoms with van der Waals surface area (Å²) in [6, 6.07) is 16.9. The van der Waals surface area contributed by atoms with Crippen LogP contribution in [-0.2, 0) is 11.2 Å². The first-order valence-corrected chi connectivity index (χ1v) is 10.7. The number of aliphatic imine (C=N–C) groups is 1. The highest BCUT2D eigenvalue weighted by Gasteiger charge is 2.35. The second-order valence-electron chi connectivity index (χ2n) is 6.96. The summed E-state index contributed by atoms with van der Waals surface area (Å²) in [5, 5.41) is 0.497. The number of amidine groups is 1. The molecule has 2 aromatic carbocycles. The summed E-state index contributed by atoms with van der Waals surface area (Å²) in [6.45, 7) is 0. The molecule has 7 nitrogen and oxygen atoms in total. The number of fused-ring (bicyclic) bond motifs is 1. The van der Waals surface area contributed by atoms with Gasteiger partial charge in [-0.05, 0) is 30.3 Å². The minimum Gasteiger partial charge on any atom is -0.495 e. The van der Waals surface area contributed by atoms with E-state index < -0.39 is 0 Å². The minimum atomic E-state index is -0.243. The predicted octanol–water partition coefficient (Wildman–Crippen LogP) is 4.83. The first-order valence-electron chi connectivity index (χ1n) is 9.92. The molecule has 2 aromatic heterocycles. The average molecular weight is 446 g/mol. The summed E-state index contributed by atoms with van der Waals surface area (Å²) < 4.78 is 17.2. The molecule has 160 valence electrons. The van der Waals surface area contributed by atoms with E-state index in [2.05, 4.69) is 4.99 Å². The van der Waals surface area contributed by atoms with Gasteiger partial charge in [-0.3, -0.25) is 4.79 Å². The molecule has 1 amide bonds. The molecule has 0 saturated carbocycles. The second-order valence-corrected chi connectivity index (χ2v) is 7.94. The molecule has 1 aliphatic rings. The zero-order chi connectivity index (χ0) is 22.1. The van der Waals surface area contributed by atoms with E-state index >= 15 is 0 Å². The van der Waals surface area contributed by atoms with Crippen LogP contribution in [0.3, 0.4) is 0 Å². The van der Waals surface area contributed by atoms with Crippen LogP contribution >= 0.6 is 11.3 Å². The maximum Gasteiger partial charge on any atom is 0.284 e. The van der Waals surface area contributed by atoms with Gasteiger partial charge in [0.05, 0.1) is 20.5 Å². The molecule has 4 aromatic rings. The van der Waals surface area contributed by atoms with E-state index in [9.17, 15) is 4.79 Å². The van der Waals surface area contributed by atoms with Crippen LogP contribution < -0.4 is 14.4 Å². The van der Waals surface area contributed by atoms with Gasteiger partial charge < -0.3 is 13.9 Å². The number of methoxy groups -OCH3 is 2. The van der Waals surface area contributed by atoms with Crippen LogP contribution in [-0.4, -0.2) is 30.9 Å². The molecule has 0 saturated heterocycles. The lowest BCUT2D eigenvalue weighted by molar-refractivity contribution is -0.113. The fourth-order valence-electron chi connectivity index (χ4n) is 3.51. The molecule has 3 heterocycles.